The lowest BCUT2D eigenvalue weighted by atomic mass is 10.0. The summed E-state index contributed by atoms with van der Waals surface area (Å²) in [7, 11) is 1.26. The molecule has 2 N–H and O–H groups in total. The zero-order valence-corrected chi connectivity index (χ0v) is 43.8. The molecule has 0 aliphatic rings. The Hall–Kier alpha value is -2.06. The number of phosphoric ester groups is 1. The Morgan fingerprint density at radius 1 is 0.554 bits per heavy atom. The predicted octanol–water partition coefficient (Wildman–Crippen LogP) is 15.3. The Labute approximate surface area is 402 Å². The number of rotatable bonds is 48. The number of hydrogen-bond acceptors (Lipinski definition) is 6. The van der Waals surface area contributed by atoms with Crippen molar-refractivity contribution >= 4 is 13.7 Å². The number of hydrogen-bond donors (Lipinski definition) is 2. The Morgan fingerprint density at radius 3 is 1.37 bits per heavy atom. The van der Waals surface area contributed by atoms with Gasteiger partial charge in [-0.1, -0.05) is 228 Å². The average Bonchev–Trinajstić information content (AvgIpc) is 3.26. The molecule has 0 aromatic heterocycles. The van der Waals surface area contributed by atoms with Crippen molar-refractivity contribution in [3.05, 3.63) is 72.9 Å². The molecule has 0 fully saturated rings. The van der Waals surface area contributed by atoms with E-state index in [0.29, 0.717) is 17.4 Å². The number of unbranched alkanes of at least 4 members (excludes halogenated alkanes) is 25. The minimum absolute atomic E-state index is 0.00216. The van der Waals surface area contributed by atoms with E-state index >= 15 is 0 Å². The highest BCUT2D eigenvalue weighted by atomic mass is 31.2. The highest BCUT2D eigenvalue weighted by Gasteiger charge is 2.23. The number of phosphoric acid groups is 1. The van der Waals surface area contributed by atoms with Crippen LogP contribution in [0.15, 0.2) is 72.9 Å². The van der Waals surface area contributed by atoms with Gasteiger partial charge in [0.2, 0.25) is 5.91 Å². The van der Waals surface area contributed by atoms with Crippen molar-refractivity contribution in [3.63, 3.8) is 0 Å². The molecule has 0 saturated heterocycles. The molecule has 0 bridgehead atoms. The summed E-state index contributed by atoms with van der Waals surface area (Å²) in [6.45, 7) is 4.49. The van der Waals surface area contributed by atoms with Crippen molar-refractivity contribution in [2.75, 3.05) is 40.9 Å². The van der Waals surface area contributed by atoms with Gasteiger partial charge in [-0.25, -0.2) is 0 Å². The monoisotopic (exact) mass is 931 g/mol. The van der Waals surface area contributed by atoms with Crippen LogP contribution in [0.25, 0.3) is 0 Å². The molecule has 0 aliphatic heterocycles. The number of nitrogens with zero attached hydrogens (tertiary/aromatic N) is 1. The van der Waals surface area contributed by atoms with Crippen LogP contribution in [0.2, 0.25) is 0 Å². The fourth-order valence-corrected chi connectivity index (χ4v) is 8.20. The molecular weight excluding hydrogens is 828 g/mol. The third-order valence-corrected chi connectivity index (χ3v) is 12.6. The van der Waals surface area contributed by atoms with Gasteiger partial charge in [-0.3, -0.25) is 9.36 Å². The zero-order valence-electron chi connectivity index (χ0n) is 42.9. The lowest BCUT2D eigenvalue weighted by Gasteiger charge is -2.29. The fraction of sp³-hybridized carbons (Fsp3) is 0.768. The number of amides is 1. The number of aliphatic hydroxyl groups excluding tert-OH is 1. The molecule has 65 heavy (non-hydrogen) atoms. The number of quaternary nitrogens is 1. The Kier molecular flexibility index (Phi) is 45.5. The van der Waals surface area contributed by atoms with E-state index in [2.05, 4.69) is 79.9 Å². The zero-order chi connectivity index (χ0) is 47.8. The van der Waals surface area contributed by atoms with E-state index in [1.165, 1.54) is 135 Å². The minimum Gasteiger partial charge on any atom is -0.756 e. The van der Waals surface area contributed by atoms with E-state index in [1.54, 1.807) is 6.08 Å². The van der Waals surface area contributed by atoms with Gasteiger partial charge in [-0.2, -0.15) is 0 Å². The molecule has 3 atom stereocenters. The second kappa shape index (κ2) is 47.0. The van der Waals surface area contributed by atoms with Crippen LogP contribution in [0, 0.1) is 0 Å². The van der Waals surface area contributed by atoms with Gasteiger partial charge in [-0.05, 0) is 64.2 Å². The van der Waals surface area contributed by atoms with Crippen LogP contribution in [0.5, 0.6) is 0 Å². The van der Waals surface area contributed by atoms with E-state index in [0.717, 1.165) is 70.6 Å². The highest BCUT2D eigenvalue weighted by molar-refractivity contribution is 7.45. The molecule has 0 aromatic rings. The van der Waals surface area contributed by atoms with Crippen molar-refractivity contribution in [3.8, 4) is 0 Å². The molecule has 8 nitrogen and oxygen atoms in total. The summed E-state index contributed by atoms with van der Waals surface area (Å²) in [6, 6.07) is -0.884. The van der Waals surface area contributed by atoms with Gasteiger partial charge in [0.15, 0.2) is 0 Å². The Morgan fingerprint density at radius 2 is 0.938 bits per heavy atom. The minimum atomic E-state index is -4.58. The number of likely N-dealkylation sites (N-methyl/N-ethyl adjacent to an activating group) is 1. The normalized spacial score (nSPS) is 14.6. The van der Waals surface area contributed by atoms with Crippen molar-refractivity contribution in [1.29, 1.82) is 0 Å². The lowest BCUT2D eigenvalue weighted by Crippen LogP contribution is -2.45. The van der Waals surface area contributed by atoms with Gasteiger partial charge in [0.05, 0.1) is 39.9 Å². The molecule has 1 amide bonds. The number of allylic oxidation sites excluding steroid dienone is 11. The summed E-state index contributed by atoms with van der Waals surface area (Å²) in [5, 5.41) is 13.7. The lowest BCUT2D eigenvalue weighted by molar-refractivity contribution is -0.870. The number of nitrogens with one attached hydrogen (secondary N) is 1. The smallest absolute Gasteiger partial charge is 0.268 e. The molecule has 0 aromatic carbocycles. The summed E-state index contributed by atoms with van der Waals surface area (Å²) in [5.41, 5.74) is 0. The first-order valence-electron chi connectivity index (χ1n) is 26.8. The summed E-state index contributed by atoms with van der Waals surface area (Å²) in [6.07, 6.45) is 64.3. The Bertz CT molecular complexity index is 1290. The standard InChI is InChI=1S/C56H103N2O6P/c1-6-8-10-12-14-16-17-18-19-20-21-22-23-24-25-26-27-28-29-30-31-32-33-34-35-36-37-38-39-40-41-42-44-46-48-50-56(60)57-54(53-64-65(61,62)63-52-51-58(3,4)5)55(59)49-47-45-43-15-13-11-9-7-2/h8,10,14,16,18-19,21-22,24-25,47,49,54-55,59H,6-7,9,11-13,15,17,20,23,26-46,48,50-53H2,1-5H3,(H-,57,60,61,62)/b10-8-,16-14-,19-18-,22-21-,25-24-,49-47+. The van der Waals surface area contributed by atoms with E-state index in [1.807, 2.05) is 27.2 Å². The van der Waals surface area contributed by atoms with Crippen LogP contribution in [0.1, 0.15) is 226 Å². The fourth-order valence-electron chi connectivity index (χ4n) is 7.47. The summed E-state index contributed by atoms with van der Waals surface area (Å²) in [4.78, 5) is 25.3. The average molecular weight is 931 g/mol. The Balaban J connectivity index is 3.90. The molecule has 9 heteroatoms. The van der Waals surface area contributed by atoms with Crippen LogP contribution in [-0.4, -0.2) is 68.5 Å². The first-order valence-corrected chi connectivity index (χ1v) is 28.3. The maximum Gasteiger partial charge on any atom is 0.268 e. The molecule has 0 spiro atoms. The molecule has 0 heterocycles. The third kappa shape index (κ3) is 49.7. The van der Waals surface area contributed by atoms with Crippen LogP contribution in [0.3, 0.4) is 0 Å². The number of aliphatic hydroxyl groups is 1. The molecule has 0 rings (SSSR count). The van der Waals surface area contributed by atoms with Crippen LogP contribution >= 0.6 is 7.82 Å². The van der Waals surface area contributed by atoms with Gasteiger partial charge in [0.25, 0.3) is 7.82 Å². The van der Waals surface area contributed by atoms with Crippen molar-refractivity contribution in [2.24, 2.45) is 0 Å². The van der Waals surface area contributed by atoms with Crippen LogP contribution < -0.4 is 10.2 Å². The van der Waals surface area contributed by atoms with Crippen molar-refractivity contribution in [1.82, 2.24) is 5.32 Å². The van der Waals surface area contributed by atoms with Gasteiger partial charge in [-0.15, -0.1) is 0 Å². The molecule has 378 valence electrons. The first-order chi connectivity index (χ1) is 31.5. The van der Waals surface area contributed by atoms with Gasteiger partial charge >= 0.3 is 0 Å². The van der Waals surface area contributed by atoms with Crippen LogP contribution in [-0.2, 0) is 18.4 Å². The number of carbonyl (C=O) groups excluding carboxylic acids is 1. The van der Waals surface area contributed by atoms with E-state index in [4.69, 9.17) is 9.05 Å². The second-order valence-electron chi connectivity index (χ2n) is 19.2. The van der Waals surface area contributed by atoms with Crippen LogP contribution in [0.4, 0.5) is 0 Å². The first kappa shape index (κ1) is 62.9. The van der Waals surface area contributed by atoms with Gasteiger partial charge < -0.3 is 28.8 Å². The van der Waals surface area contributed by atoms with E-state index in [-0.39, 0.29) is 19.1 Å². The quantitative estimate of drug-likeness (QED) is 0.0272. The number of carbonyl (C=O) groups is 1. The molecule has 3 unspecified atom stereocenters. The molecule has 0 saturated carbocycles. The molecule has 0 aliphatic carbocycles. The van der Waals surface area contributed by atoms with Crippen molar-refractivity contribution in [2.45, 2.75) is 238 Å². The van der Waals surface area contributed by atoms with Gasteiger partial charge in [0, 0.05) is 6.42 Å². The summed E-state index contributed by atoms with van der Waals surface area (Å²) >= 11 is 0. The van der Waals surface area contributed by atoms with E-state index < -0.39 is 20.0 Å². The predicted molar refractivity (Wildman–Crippen MR) is 279 cm³/mol. The second-order valence-corrected chi connectivity index (χ2v) is 20.6. The highest BCUT2D eigenvalue weighted by Crippen LogP contribution is 2.38. The maximum atomic E-state index is 12.9. The van der Waals surface area contributed by atoms with E-state index in [9.17, 15) is 19.4 Å². The molecule has 0 radical (unpaired) electrons. The van der Waals surface area contributed by atoms with Gasteiger partial charge in [0.1, 0.15) is 13.2 Å². The topological polar surface area (TPSA) is 108 Å². The summed E-state index contributed by atoms with van der Waals surface area (Å²) < 4.78 is 23.2. The maximum absolute atomic E-state index is 12.9. The molecular formula is C56H103N2O6P. The largest absolute Gasteiger partial charge is 0.756 e. The third-order valence-electron chi connectivity index (χ3n) is 11.7. The summed E-state index contributed by atoms with van der Waals surface area (Å²) in [5.74, 6) is -0.201. The SMILES string of the molecule is CC/C=C\C/C=C\C/C=C\C/C=C\C/C=C\CCCCCCCCCCCCCCCCCCCCCC(=O)NC(COP(=O)([O-])OCC[N+](C)(C)C)C(O)/C=C/CCCCCCCC. The van der Waals surface area contributed by atoms with Crippen molar-refractivity contribution < 1.29 is 32.9 Å².